The highest BCUT2D eigenvalue weighted by molar-refractivity contribution is 5.85. The van der Waals surface area contributed by atoms with Crippen molar-refractivity contribution in [3.05, 3.63) is 52.3 Å². The van der Waals surface area contributed by atoms with E-state index in [4.69, 9.17) is 0 Å². The predicted molar refractivity (Wildman–Crippen MR) is 58.6 cm³/mol. The third-order valence-electron chi connectivity index (χ3n) is 2.18. The molecule has 16 heavy (non-hydrogen) atoms. The van der Waals surface area contributed by atoms with Crippen LogP contribution in [0.5, 0.6) is 0 Å². The van der Waals surface area contributed by atoms with E-state index in [9.17, 15) is 14.7 Å². The van der Waals surface area contributed by atoms with Gasteiger partial charge in [-0.2, -0.15) is 0 Å². The lowest BCUT2D eigenvalue weighted by Crippen LogP contribution is -2.19. The standard InChI is InChI=1S/C12H9NO3/c14-11(15)6-5-9-7-8-3-1-2-4-10(8)13-12(9)16/h1-7H,(H,13,16)(H,14,15)/p-1/b6-5+. The summed E-state index contributed by atoms with van der Waals surface area (Å²) in [6, 6.07) is 8.90. The Morgan fingerprint density at radius 3 is 2.81 bits per heavy atom. The van der Waals surface area contributed by atoms with E-state index in [1.54, 1.807) is 12.1 Å². The van der Waals surface area contributed by atoms with Gasteiger partial charge in [0, 0.05) is 11.1 Å². The lowest BCUT2D eigenvalue weighted by molar-refractivity contribution is -0.297. The van der Waals surface area contributed by atoms with Crippen LogP contribution in [0.3, 0.4) is 0 Å². The van der Waals surface area contributed by atoms with Crippen molar-refractivity contribution in [1.82, 2.24) is 4.98 Å². The number of aromatic amines is 1. The van der Waals surface area contributed by atoms with Gasteiger partial charge in [-0.05, 0) is 29.7 Å². The van der Waals surface area contributed by atoms with Gasteiger partial charge in [0.25, 0.3) is 5.56 Å². The van der Waals surface area contributed by atoms with Crippen LogP contribution in [-0.2, 0) is 4.79 Å². The largest absolute Gasteiger partial charge is 0.545 e. The molecule has 0 aliphatic rings. The first kappa shape index (κ1) is 10.2. The summed E-state index contributed by atoms with van der Waals surface area (Å²) in [7, 11) is 0. The number of carbonyl (C=O) groups is 1. The molecular formula is C12H8NO3-. The van der Waals surface area contributed by atoms with Crippen molar-refractivity contribution in [1.29, 1.82) is 0 Å². The SMILES string of the molecule is O=C([O-])/C=C/c1cc2ccccc2[nH]c1=O. The van der Waals surface area contributed by atoms with Gasteiger partial charge in [0.2, 0.25) is 0 Å². The molecule has 0 aliphatic heterocycles. The van der Waals surface area contributed by atoms with Crippen molar-refractivity contribution in [3.8, 4) is 0 Å². The van der Waals surface area contributed by atoms with E-state index in [0.717, 1.165) is 17.0 Å². The third-order valence-corrected chi connectivity index (χ3v) is 2.18. The molecule has 0 fully saturated rings. The second-order valence-electron chi connectivity index (χ2n) is 3.29. The highest BCUT2D eigenvalue weighted by Crippen LogP contribution is 2.10. The number of carbonyl (C=O) groups excluding carboxylic acids is 1. The van der Waals surface area contributed by atoms with Gasteiger partial charge in [-0.15, -0.1) is 0 Å². The Bertz CT molecular complexity index is 625. The summed E-state index contributed by atoms with van der Waals surface area (Å²) in [5, 5.41) is 11.1. The van der Waals surface area contributed by atoms with Crippen LogP contribution in [-0.4, -0.2) is 11.0 Å². The van der Waals surface area contributed by atoms with E-state index in [1.807, 2.05) is 18.2 Å². The quantitative estimate of drug-likeness (QED) is 0.730. The Kier molecular flexibility index (Phi) is 2.55. The van der Waals surface area contributed by atoms with Crippen molar-refractivity contribution in [3.63, 3.8) is 0 Å². The van der Waals surface area contributed by atoms with Crippen LogP contribution >= 0.6 is 0 Å². The summed E-state index contributed by atoms with van der Waals surface area (Å²) in [6.45, 7) is 0. The van der Waals surface area contributed by atoms with E-state index in [0.29, 0.717) is 5.56 Å². The molecule has 1 aromatic carbocycles. The number of aliphatic carboxylic acids is 1. The Balaban J connectivity index is 2.59. The number of benzene rings is 1. The fourth-order valence-corrected chi connectivity index (χ4v) is 1.45. The van der Waals surface area contributed by atoms with Gasteiger partial charge in [0.1, 0.15) is 0 Å². The van der Waals surface area contributed by atoms with E-state index in [1.165, 1.54) is 6.08 Å². The van der Waals surface area contributed by atoms with Crippen molar-refractivity contribution < 1.29 is 9.90 Å². The highest BCUT2D eigenvalue weighted by Gasteiger charge is 1.98. The Hall–Kier alpha value is -2.36. The second-order valence-corrected chi connectivity index (χ2v) is 3.29. The molecule has 1 aromatic heterocycles. The fraction of sp³-hybridized carbons (Fsp3) is 0. The number of rotatable bonds is 2. The summed E-state index contributed by atoms with van der Waals surface area (Å²) in [6.07, 6.45) is 2.06. The Morgan fingerprint density at radius 2 is 2.06 bits per heavy atom. The molecule has 4 heteroatoms. The smallest absolute Gasteiger partial charge is 0.255 e. The third kappa shape index (κ3) is 2.00. The van der Waals surface area contributed by atoms with Crippen molar-refractivity contribution in [2.45, 2.75) is 0 Å². The minimum absolute atomic E-state index is 0.294. The minimum Gasteiger partial charge on any atom is -0.545 e. The van der Waals surface area contributed by atoms with Gasteiger partial charge in [0.05, 0.1) is 5.97 Å². The van der Waals surface area contributed by atoms with Crippen LogP contribution in [0.2, 0.25) is 0 Å². The molecule has 2 rings (SSSR count). The molecule has 0 saturated carbocycles. The molecule has 80 valence electrons. The molecule has 0 amide bonds. The zero-order valence-corrected chi connectivity index (χ0v) is 8.27. The van der Waals surface area contributed by atoms with Crippen molar-refractivity contribution >= 4 is 22.9 Å². The molecule has 0 saturated heterocycles. The number of carboxylic acids is 1. The number of pyridine rings is 1. The molecule has 0 bridgehead atoms. The lowest BCUT2D eigenvalue weighted by atomic mass is 10.1. The zero-order chi connectivity index (χ0) is 11.5. The number of hydrogen-bond donors (Lipinski definition) is 1. The maximum absolute atomic E-state index is 11.5. The lowest BCUT2D eigenvalue weighted by Gasteiger charge is -1.99. The monoisotopic (exact) mass is 214 g/mol. The van der Waals surface area contributed by atoms with Crippen molar-refractivity contribution in [2.24, 2.45) is 0 Å². The topological polar surface area (TPSA) is 73.0 Å². The van der Waals surface area contributed by atoms with E-state index < -0.39 is 5.97 Å². The molecule has 0 atom stereocenters. The number of fused-ring (bicyclic) bond motifs is 1. The highest BCUT2D eigenvalue weighted by atomic mass is 16.4. The first-order valence-corrected chi connectivity index (χ1v) is 4.68. The van der Waals surface area contributed by atoms with Crippen LogP contribution < -0.4 is 10.7 Å². The Morgan fingerprint density at radius 1 is 1.31 bits per heavy atom. The predicted octanol–water partition coefficient (Wildman–Crippen LogP) is 0.291. The number of H-pyrrole nitrogens is 1. The van der Waals surface area contributed by atoms with Crippen molar-refractivity contribution in [2.75, 3.05) is 0 Å². The van der Waals surface area contributed by atoms with Gasteiger partial charge < -0.3 is 14.9 Å². The van der Waals surface area contributed by atoms with Crippen LogP contribution in [0.1, 0.15) is 5.56 Å². The molecule has 2 aromatic rings. The molecule has 0 spiro atoms. The van der Waals surface area contributed by atoms with E-state index in [2.05, 4.69) is 4.98 Å². The normalized spacial score (nSPS) is 11.0. The number of carboxylic acid groups (broad SMARTS) is 1. The first-order chi connectivity index (χ1) is 7.66. The average Bonchev–Trinajstić information content (AvgIpc) is 2.26. The molecule has 1 N–H and O–H groups in total. The molecule has 0 radical (unpaired) electrons. The minimum atomic E-state index is -1.33. The summed E-state index contributed by atoms with van der Waals surface area (Å²) < 4.78 is 0. The second kappa shape index (κ2) is 4.02. The Labute approximate surface area is 90.9 Å². The molecule has 1 heterocycles. The van der Waals surface area contributed by atoms with Crippen LogP contribution in [0.4, 0.5) is 0 Å². The maximum atomic E-state index is 11.5. The van der Waals surface area contributed by atoms with Crippen LogP contribution in [0, 0.1) is 0 Å². The summed E-state index contributed by atoms with van der Waals surface area (Å²) in [4.78, 5) is 24.4. The summed E-state index contributed by atoms with van der Waals surface area (Å²) >= 11 is 0. The van der Waals surface area contributed by atoms with Crippen LogP contribution in [0.25, 0.3) is 17.0 Å². The van der Waals surface area contributed by atoms with Gasteiger partial charge >= 0.3 is 0 Å². The molecule has 4 nitrogen and oxygen atoms in total. The number of para-hydroxylation sites is 1. The van der Waals surface area contributed by atoms with E-state index in [-0.39, 0.29) is 5.56 Å². The summed E-state index contributed by atoms with van der Waals surface area (Å²) in [5.74, 6) is -1.33. The number of nitrogens with one attached hydrogen (secondary N) is 1. The van der Waals surface area contributed by atoms with Gasteiger partial charge in [0.15, 0.2) is 0 Å². The van der Waals surface area contributed by atoms with Crippen LogP contribution in [0.15, 0.2) is 41.2 Å². The maximum Gasteiger partial charge on any atom is 0.255 e. The van der Waals surface area contributed by atoms with Gasteiger partial charge in [-0.3, -0.25) is 4.79 Å². The van der Waals surface area contributed by atoms with Gasteiger partial charge in [-0.1, -0.05) is 18.2 Å². The summed E-state index contributed by atoms with van der Waals surface area (Å²) in [5.41, 5.74) is 0.692. The number of aromatic nitrogens is 1. The van der Waals surface area contributed by atoms with Gasteiger partial charge in [-0.25, -0.2) is 0 Å². The average molecular weight is 214 g/mol. The van der Waals surface area contributed by atoms with E-state index >= 15 is 0 Å². The first-order valence-electron chi connectivity index (χ1n) is 4.68. The fourth-order valence-electron chi connectivity index (χ4n) is 1.45. The zero-order valence-electron chi connectivity index (χ0n) is 8.27. The molecular weight excluding hydrogens is 206 g/mol. The number of hydrogen-bond acceptors (Lipinski definition) is 3. The molecule has 0 aliphatic carbocycles. The molecule has 0 unspecified atom stereocenters.